The highest BCUT2D eigenvalue weighted by Gasteiger charge is 2.19. The fraction of sp³-hybridized carbons (Fsp3) is 0.500. The van der Waals surface area contributed by atoms with Gasteiger partial charge in [-0.2, -0.15) is 5.10 Å². The number of aromatic amines is 1. The molecule has 0 aliphatic carbocycles. The summed E-state index contributed by atoms with van der Waals surface area (Å²) in [4.78, 5) is 28.4. The molecule has 1 amide bonds. The standard InChI is InChI=1S/C18H23N3O3S/c1-13-7-8-16(25-13)14-11-15(20-19-14)18(23)24-12-17(22)21-9-5-3-2-4-6-10-21/h7-8,11H,2-6,9-10,12H2,1H3,(H,19,20). The summed E-state index contributed by atoms with van der Waals surface area (Å²) in [5, 5.41) is 6.85. The van der Waals surface area contributed by atoms with E-state index < -0.39 is 5.97 Å². The van der Waals surface area contributed by atoms with E-state index in [0.717, 1.165) is 49.3 Å². The van der Waals surface area contributed by atoms with Crippen molar-refractivity contribution in [2.45, 2.75) is 39.0 Å². The van der Waals surface area contributed by atoms with Crippen LogP contribution in [0, 0.1) is 6.92 Å². The number of esters is 1. The average molecular weight is 361 g/mol. The van der Waals surface area contributed by atoms with Crippen molar-refractivity contribution in [2.75, 3.05) is 19.7 Å². The molecule has 1 aliphatic heterocycles. The summed E-state index contributed by atoms with van der Waals surface area (Å²) in [5.74, 6) is -0.698. The molecule has 0 saturated carbocycles. The fourth-order valence-electron chi connectivity index (χ4n) is 2.92. The molecule has 0 aromatic carbocycles. The predicted octanol–water partition coefficient (Wildman–Crippen LogP) is 3.40. The topological polar surface area (TPSA) is 75.3 Å². The highest BCUT2D eigenvalue weighted by Crippen LogP contribution is 2.26. The number of thiophene rings is 1. The van der Waals surface area contributed by atoms with Crippen molar-refractivity contribution in [1.29, 1.82) is 0 Å². The van der Waals surface area contributed by atoms with Gasteiger partial charge in [0.1, 0.15) is 0 Å². The molecule has 3 heterocycles. The summed E-state index contributed by atoms with van der Waals surface area (Å²) < 4.78 is 5.16. The van der Waals surface area contributed by atoms with E-state index in [1.165, 1.54) is 11.3 Å². The third-order valence-electron chi connectivity index (χ3n) is 4.33. The maximum absolute atomic E-state index is 12.3. The van der Waals surface area contributed by atoms with Crippen molar-refractivity contribution < 1.29 is 14.3 Å². The Morgan fingerprint density at radius 2 is 1.92 bits per heavy atom. The van der Waals surface area contributed by atoms with Gasteiger partial charge in [0.05, 0.1) is 10.6 Å². The summed E-state index contributed by atoms with van der Waals surface area (Å²) in [6.07, 6.45) is 5.58. The van der Waals surface area contributed by atoms with Crippen molar-refractivity contribution in [3.63, 3.8) is 0 Å². The number of ether oxygens (including phenoxy) is 1. The maximum Gasteiger partial charge on any atom is 0.359 e. The molecule has 2 aromatic heterocycles. The van der Waals surface area contributed by atoms with Crippen LogP contribution in [0.1, 0.15) is 47.5 Å². The van der Waals surface area contributed by atoms with Gasteiger partial charge in [-0.15, -0.1) is 11.3 Å². The highest BCUT2D eigenvalue weighted by atomic mass is 32.1. The quantitative estimate of drug-likeness (QED) is 0.847. The van der Waals surface area contributed by atoms with Gasteiger partial charge in [-0.1, -0.05) is 19.3 Å². The monoisotopic (exact) mass is 361 g/mol. The second kappa shape index (κ2) is 8.29. The highest BCUT2D eigenvalue weighted by molar-refractivity contribution is 7.15. The number of aryl methyl sites for hydroxylation is 1. The first kappa shape index (κ1) is 17.7. The molecular weight excluding hydrogens is 338 g/mol. The molecule has 0 unspecified atom stereocenters. The van der Waals surface area contributed by atoms with E-state index in [4.69, 9.17) is 4.74 Å². The number of hydrogen-bond acceptors (Lipinski definition) is 5. The van der Waals surface area contributed by atoms with Gasteiger partial charge in [0.2, 0.25) is 0 Å². The van der Waals surface area contributed by atoms with Gasteiger partial charge in [0, 0.05) is 18.0 Å². The number of nitrogens with zero attached hydrogens (tertiary/aromatic N) is 2. The molecule has 1 N–H and O–H groups in total. The van der Waals surface area contributed by atoms with Crippen LogP contribution < -0.4 is 0 Å². The van der Waals surface area contributed by atoms with Crippen molar-refractivity contribution >= 4 is 23.2 Å². The number of hydrogen-bond donors (Lipinski definition) is 1. The molecule has 3 rings (SSSR count). The summed E-state index contributed by atoms with van der Waals surface area (Å²) in [5.41, 5.74) is 0.974. The average Bonchev–Trinajstić information content (AvgIpc) is 3.21. The van der Waals surface area contributed by atoms with Crippen molar-refractivity contribution in [3.8, 4) is 10.6 Å². The minimum absolute atomic E-state index is 0.125. The molecular formula is C18H23N3O3S. The smallest absolute Gasteiger partial charge is 0.359 e. The Kier molecular flexibility index (Phi) is 5.86. The molecule has 6 nitrogen and oxygen atoms in total. The summed E-state index contributed by atoms with van der Waals surface area (Å²) in [7, 11) is 0. The minimum Gasteiger partial charge on any atom is -0.451 e. The van der Waals surface area contributed by atoms with Gasteiger partial charge in [0.15, 0.2) is 12.3 Å². The van der Waals surface area contributed by atoms with Crippen LogP contribution >= 0.6 is 11.3 Å². The Balaban J connectivity index is 1.53. The first-order chi connectivity index (χ1) is 12.1. The summed E-state index contributed by atoms with van der Waals surface area (Å²) in [6, 6.07) is 5.66. The largest absolute Gasteiger partial charge is 0.451 e. The Morgan fingerprint density at radius 1 is 1.20 bits per heavy atom. The summed E-state index contributed by atoms with van der Waals surface area (Å²) >= 11 is 1.62. The van der Waals surface area contributed by atoms with E-state index in [-0.39, 0.29) is 18.2 Å². The van der Waals surface area contributed by atoms with Gasteiger partial charge in [-0.3, -0.25) is 9.89 Å². The van der Waals surface area contributed by atoms with Crippen LogP contribution in [0.4, 0.5) is 0 Å². The van der Waals surface area contributed by atoms with Gasteiger partial charge >= 0.3 is 5.97 Å². The van der Waals surface area contributed by atoms with Crippen molar-refractivity contribution in [2.24, 2.45) is 0 Å². The zero-order valence-electron chi connectivity index (χ0n) is 14.4. The maximum atomic E-state index is 12.3. The second-order valence-electron chi connectivity index (χ2n) is 6.30. The zero-order chi connectivity index (χ0) is 17.6. The molecule has 134 valence electrons. The Hall–Kier alpha value is -2.15. The Morgan fingerprint density at radius 3 is 2.60 bits per heavy atom. The van der Waals surface area contributed by atoms with Crippen LogP contribution in [0.5, 0.6) is 0 Å². The number of aromatic nitrogens is 2. The molecule has 25 heavy (non-hydrogen) atoms. The first-order valence-electron chi connectivity index (χ1n) is 8.70. The molecule has 0 bridgehead atoms. The molecule has 2 aromatic rings. The van der Waals surface area contributed by atoms with Crippen molar-refractivity contribution in [3.05, 3.63) is 28.8 Å². The normalized spacial score (nSPS) is 15.5. The number of carbonyl (C=O) groups is 2. The molecule has 0 atom stereocenters. The van der Waals surface area contributed by atoms with Crippen LogP contribution in [0.15, 0.2) is 18.2 Å². The number of H-pyrrole nitrogens is 1. The lowest BCUT2D eigenvalue weighted by Crippen LogP contribution is -2.37. The van der Waals surface area contributed by atoms with Crippen LogP contribution in [-0.4, -0.2) is 46.7 Å². The van der Waals surface area contributed by atoms with Crippen LogP contribution in [0.3, 0.4) is 0 Å². The molecule has 1 fully saturated rings. The van der Waals surface area contributed by atoms with Gasteiger partial charge in [0.25, 0.3) is 5.91 Å². The van der Waals surface area contributed by atoms with Crippen LogP contribution in [0.25, 0.3) is 10.6 Å². The fourth-order valence-corrected chi connectivity index (χ4v) is 3.75. The van der Waals surface area contributed by atoms with Crippen LogP contribution in [-0.2, 0) is 9.53 Å². The molecule has 0 spiro atoms. The number of amides is 1. The Labute approximate surface area is 151 Å². The molecule has 0 radical (unpaired) electrons. The van der Waals surface area contributed by atoms with E-state index >= 15 is 0 Å². The molecule has 1 saturated heterocycles. The number of rotatable bonds is 4. The van der Waals surface area contributed by atoms with Gasteiger partial charge in [-0.25, -0.2) is 4.79 Å². The predicted molar refractivity (Wildman–Crippen MR) is 96.6 cm³/mol. The van der Waals surface area contributed by atoms with E-state index in [1.54, 1.807) is 22.3 Å². The van der Waals surface area contributed by atoms with E-state index in [0.29, 0.717) is 0 Å². The molecule has 7 heteroatoms. The molecule has 1 aliphatic rings. The Bertz CT molecular complexity index is 730. The first-order valence-corrected chi connectivity index (χ1v) is 9.52. The van der Waals surface area contributed by atoms with E-state index in [9.17, 15) is 9.59 Å². The lowest BCUT2D eigenvalue weighted by molar-refractivity contribution is -0.134. The van der Waals surface area contributed by atoms with Crippen LogP contribution in [0.2, 0.25) is 0 Å². The lowest BCUT2D eigenvalue weighted by atomic mass is 10.1. The summed E-state index contributed by atoms with van der Waals surface area (Å²) in [6.45, 7) is 3.30. The van der Waals surface area contributed by atoms with Crippen molar-refractivity contribution in [1.82, 2.24) is 15.1 Å². The minimum atomic E-state index is -0.573. The third kappa shape index (κ3) is 4.69. The number of carbonyl (C=O) groups excluding carboxylic acids is 2. The second-order valence-corrected chi connectivity index (χ2v) is 7.59. The van der Waals surface area contributed by atoms with E-state index in [1.807, 2.05) is 19.1 Å². The SMILES string of the molecule is Cc1ccc(-c2cc(C(=O)OCC(=O)N3CCCCCCC3)n[nH]2)s1. The third-order valence-corrected chi connectivity index (χ3v) is 5.36. The number of likely N-dealkylation sites (tertiary alicyclic amines) is 1. The number of nitrogens with one attached hydrogen (secondary N) is 1. The van der Waals surface area contributed by atoms with Gasteiger partial charge in [-0.05, 0) is 38.0 Å². The van der Waals surface area contributed by atoms with E-state index in [2.05, 4.69) is 10.2 Å². The zero-order valence-corrected chi connectivity index (χ0v) is 15.2. The van der Waals surface area contributed by atoms with Gasteiger partial charge < -0.3 is 9.64 Å². The lowest BCUT2D eigenvalue weighted by Gasteiger charge is -2.24.